The second kappa shape index (κ2) is 8.12. The first kappa shape index (κ1) is 17.5. The van der Waals surface area contributed by atoms with E-state index in [1.54, 1.807) is 12.1 Å². The number of aromatic hydroxyl groups is 1. The van der Waals surface area contributed by atoms with Crippen LogP contribution in [0.1, 0.15) is 11.1 Å². The summed E-state index contributed by atoms with van der Waals surface area (Å²) < 4.78 is 6.74. The van der Waals surface area contributed by atoms with Crippen molar-refractivity contribution < 1.29 is 14.6 Å². The van der Waals surface area contributed by atoms with E-state index in [4.69, 9.17) is 4.74 Å². The van der Waals surface area contributed by atoms with Crippen LogP contribution in [0, 0.1) is 0 Å². The lowest BCUT2D eigenvalue weighted by Gasteiger charge is -2.06. The molecule has 0 bridgehead atoms. The molecular formula is C16H14Br2N2O3. The van der Waals surface area contributed by atoms with Crippen LogP contribution < -0.4 is 10.2 Å². The third-order valence-corrected chi connectivity index (χ3v) is 3.95. The van der Waals surface area contributed by atoms with Gasteiger partial charge in [0.05, 0.1) is 19.7 Å². The molecule has 1 amide bonds. The molecule has 0 spiro atoms. The number of rotatable bonds is 5. The summed E-state index contributed by atoms with van der Waals surface area (Å²) in [6, 6.07) is 10.8. The van der Waals surface area contributed by atoms with E-state index in [1.807, 2.05) is 24.3 Å². The number of hydrogen-bond acceptors (Lipinski definition) is 4. The minimum Gasteiger partial charge on any atom is -0.504 e. The zero-order chi connectivity index (χ0) is 16.8. The summed E-state index contributed by atoms with van der Waals surface area (Å²) in [4.78, 5) is 11.8. The van der Waals surface area contributed by atoms with Crippen LogP contribution in [0.3, 0.4) is 0 Å². The summed E-state index contributed by atoms with van der Waals surface area (Å²) in [5.74, 6) is 0.0358. The monoisotopic (exact) mass is 440 g/mol. The Morgan fingerprint density at radius 3 is 2.61 bits per heavy atom. The van der Waals surface area contributed by atoms with Gasteiger partial charge in [0.2, 0.25) is 5.91 Å². The number of halogens is 2. The molecule has 0 unspecified atom stereocenters. The second-order valence-electron chi connectivity index (χ2n) is 4.64. The van der Waals surface area contributed by atoms with Crippen LogP contribution in [0.25, 0.3) is 0 Å². The predicted molar refractivity (Wildman–Crippen MR) is 95.9 cm³/mol. The Hall–Kier alpha value is -1.86. The smallest absolute Gasteiger partial charge is 0.244 e. The van der Waals surface area contributed by atoms with E-state index in [0.29, 0.717) is 11.3 Å². The average Bonchev–Trinajstić information content (AvgIpc) is 2.52. The summed E-state index contributed by atoms with van der Waals surface area (Å²) in [5.41, 5.74) is 3.74. The highest BCUT2D eigenvalue weighted by molar-refractivity contribution is 9.10. The first-order valence-corrected chi connectivity index (χ1v) is 8.21. The average molecular weight is 442 g/mol. The fourth-order valence-electron chi connectivity index (χ4n) is 1.85. The number of carbonyl (C=O) groups is 1. The third kappa shape index (κ3) is 5.07. The molecule has 0 aromatic heterocycles. The van der Waals surface area contributed by atoms with Gasteiger partial charge in [-0.25, -0.2) is 5.43 Å². The van der Waals surface area contributed by atoms with Gasteiger partial charge in [0.1, 0.15) is 0 Å². The topological polar surface area (TPSA) is 70.9 Å². The van der Waals surface area contributed by atoms with Crippen LogP contribution >= 0.6 is 31.9 Å². The highest BCUT2D eigenvalue weighted by Gasteiger charge is 2.08. The van der Waals surface area contributed by atoms with Gasteiger partial charge in [0, 0.05) is 14.5 Å². The molecule has 0 atom stereocenters. The van der Waals surface area contributed by atoms with Crippen molar-refractivity contribution in [1.82, 2.24) is 5.43 Å². The van der Waals surface area contributed by atoms with Crippen molar-refractivity contribution in [3.63, 3.8) is 0 Å². The van der Waals surface area contributed by atoms with E-state index >= 15 is 0 Å². The van der Waals surface area contributed by atoms with Crippen molar-refractivity contribution >= 4 is 44.0 Å². The highest BCUT2D eigenvalue weighted by Crippen LogP contribution is 2.32. The largest absolute Gasteiger partial charge is 0.504 e. The van der Waals surface area contributed by atoms with Crippen LogP contribution in [-0.4, -0.2) is 24.3 Å². The van der Waals surface area contributed by atoms with E-state index in [1.165, 1.54) is 13.3 Å². The molecule has 2 aromatic carbocycles. The zero-order valence-electron chi connectivity index (χ0n) is 12.2. The van der Waals surface area contributed by atoms with Gasteiger partial charge in [0.15, 0.2) is 11.5 Å². The Balaban J connectivity index is 2.00. The minimum absolute atomic E-state index is 0.0402. The second-order valence-corrected chi connectivity index (χ2v) is 6.47. The molecule has 0 aliphatic heterocycles. The maximum absolute atomic E-state index is 11.8. The summed E-state index contributed by atoms with van der Waals surface area (Å²) in [6.45, 7) is 0. The van der Waals surface area contributed by atoms with E-state index in [0.717, 1.165) is 14.5 Å². The number of nitrogens with zero attached hydrogens (tertiary/aromatic N) is 1. The fourth-order valence-corrected chi connectivity index (χ4v) is 2.57. The number of methoxy groups -OCH3 is 1. The van der Waals surface area contributed by atoms with Gasteiger partial charge >= 0.3 is 0 Å². The maximum atomic E-state index is 11.8. The lowest BCUT2D eigenvalue weighted by Crippen LogP contribution is -2.19. The Kier molecular flexibility index (Phi) is 6.18. The van der Waals surface area contributed by atoms with Crippen LogP contribution in [0.2, 0.25) is 0 Å². The first-order chi connectivity index (χ1) is 11.0. The molecule has 7 heteroatoms. The lowest BCUT2D eigenvalue weighted by molar-refractivity contribution is -0.120. The molecule has 0 fully saturated rings. The molecule has 0 aliphatic rings. The molecule has 23 heavy (non-hydrogen) atoms. The van der Waals surface area contributed by atoms with Gasteiger partial charge in [-0.1, -0.05) is 44.0 Å². The van der Waals surface area contributed by atoms with Crippen molar-refractivity contribution in [2.75, 3.05) is 7.11 Å². The molecule has 0 heterocycles. The molecule has 0 saturated carbocycles. The van der Waals surface area contributed by atoms with Crippen molar-refractivity contribution in [3.8, 4) is 11.5 Å². The van der Waals surface area contributed by atoms with Gasteiger partial charge in [-0.05, 0) is 29.8 Å². The van der Waals surface area contributed by atoms with E-state index in [2.05, 4.69) is 42.4 Å². The van der Waals surface area contributed by atoms with Crippen molar-refractivity contribution in [2.24, 2.45) is 5.10 Å². The quantitative estimate of drug-likeness (QED) is 0.549. The number of ether oxygens (including phenoxy) is 1. The molecule has 2 N–H and O–H groups in total. The Bertz CT molecular complexity index is 731. The van der Waals surface area contributed by atoms with Crippen LogP contribution in [0.4, 0.5) is 0 Å². The molecule has 2 rings (SSSR count). The van der Waals surface area contributed by atoms with Gasteiger partial charge < -0.3 is 9.84 Å². The van der Waals surface area contributed by atoms with Crippen molar-refractivity contribution in [1.29, 1.82) is 0 Å². The molecule has 120 valence electrons. The van der Waals surface area contributed by atoms with Gasteiger partial charge in [-0.15, -0.1) is 0 Å². The third-order valence-electron chi connectivity index (χ3n) is 2.96. The molecule has 5 nitrogen and oxygen atoms in total. The molecule has 0 aliphatic carbocycles. The molecule has 2 aromatic rings. The summed E-state index contributed by atoms with van der Waals surface area (Å²) in [6.07, 6.45) is 1.58. The lowest BCUT2D eigenvalue weighted by atomic mass is 10.1. The Labute approximate surface area is 150 Å². The Morgan fingerprint density at radius 2 is 1.96 bits per heavy atom. The maximum Gasteiger partial charge on any atom is 0.244 e. The standard InChI is InChI=1S/C16H14Br2N2O3/c1-23-14-8-13(18)7-11(16(14)22)9-19-20-15(21)6-10-2-4-12(17)5-3-10/h2-5,7-9,22H,6H2,1H3,(H,20,21)/b19-9-. The molecule has 0 radical (unpaired) electrons. The van der Waals surface area contributed by atoms with Gasteiger partial charge in [-0.3, -0.25) is 4.79 Å². The summed E-state index contributed by atoms with van der Waals surface area (Å²) in [7, 11) is 1.46. The Morgan fingerprint density at radius 1 is 1.26 bits per heavy atom. The van der Waals surface area contributed by atoms with Crippen molar-refractivity contribution in [2.45, 2.75) is 6.42 Å². The fraction of sp³-hybridized carbons (Fsp3) is 0.125. The van der Waals surface area contributed by atoms with Crippen LogP contribution in [0.15, 0.2) is 50.4 Å². The van der Waals surface area contributed by atoms with E-state index < -0.39 is 0 Å². The minimum atomic E-state index is -0.245. The number of amides is 1. The highest BCUT2D eigenvalue weighted by atomic mass is 79.9. The number of hydrogen-bond donors (Lipinski definition) is 2. The number of hydrazone groups is 1. The number of carbonyl (C=O) groups excluding carboxylic acids is 1. The summed E-state index contributed by atoms with van der Waals surface area (Å²) >= 11 is 6.66. The van der Waals surface area contributed by atoms with Gasteiger partial charge in [0.25, 0.3) is 0 Å². The number of nitrogens with one attached hydrogen (secondary N) is 1. The van der Waals surface area contributed by atoms with Crippen LogP contribution in [-0.2, 0) is 11.2 Å². The molecular weight excluding hydrogens is 428 g/mol. The number of benzene rings is 2. The van der Waals surface area contributed by atoms with E-state index in [9.17, 15) is 9.90 Å². The van der Waals surface area contributed by atoms with Crippen molar-refractivity contribution in [3.05, 3.63) is 56.5 Å². The zero-order valence-corrected chi connectivity index (χ0v) is 15.4. The SMILES string of the molecule is COc1cc(Br)cc(/C=N\NC(=O)Cc2ccc(Br)cc2)c1O. The summed E-state index contributed by atoms with van der Waals surface area (Å²) in [5, 5.41) is 13.8. The molecule has 0 saturated heterocycles. The number of phenolic OH excluding ortho intramolecular Hbond substituents is 1. The predicted octanol–water partition coefficient (Wildman–Crippen LogP) is 3.62. The number of phenols is 1. The normalized spacial score (nSPS) is 10.7. The first-order valence-electron chi connectivity index (χ1n) is 6.62. The van der Waals surface area contributed by atoms with Gasteiger partial charge in [-0.2, -0.15) is 5.10 Å². The van der Waals surface area contributed by atoms with E-state index in [-0.39, 0.29) is 18.1 Å². The van der Waals surface area contributed by atoms with Crippen LogP contribution in [0.5, 0.6) is 11.5 Å².